The Morgan fingerprint density at radius 2 is 1.67 bits per heavy atom. The fraction of sp³-hybridized carbons (Fsp3) is 1.00. The van der Waals surface area contributed by atoms with Gasteiger partial charge in [-0.3, -0.25) is 0 Å². The van der Waals surface area contributed by atoms with Crippen molar-refractivity contribution in [1.29, 1.82) is 0 Å². The molecule has 0 aromatic carbocycles. The van der Waals surface area contributed by atoms with Crippen LogP contribution in [-0.4, -0.2) is 23.3 Å². The number of rotatable bonds is 5. The van der Waals surface area contributed by atoms with Crippen LogP contribution < -0.4 is 0 Å². The van der Waals surface area contributed by atoms with E-state index in [9.17, 15) is 21.8 Å². The summed E-state index contributed by atoms with van der Waals surface area (Å²) in [4.78, 5) is 0. The van der Waals surface area contributed by atoms with Gasteiger partial charge >= 0.3 is 11.4 Å². The van der Waals surface area contributed by atoms with Gasteiger partial charge in [0.1, 0.15) is 0 Å². The summed E-state index contributed by atoms with van der Waals surface area (Å²) >= 11 is -2.83. The summed E-state index contributed by atoms with van der Waals surface area (Å²) in [7, 11) is 0. The smallest absolute Gasteiger partial charge is 0.232 e. The topological polar surface area (TPSA) is 35.5 Å². The van der Waals surface area contributed by atoms with Crippen molar-refractivity contribution in [2.75, 3.05) is 0 Å². The van der Waals surface area contributed by atoms with E-state index in [2.05, 4.69) is 8.37 Å². The zero-order chi connectivity index (χ0) is 9.72. The third-order valence-corrected chi connectivity index (χ3v) is 1.34. The van der Waals surface area contributed by atoms with Gasteiger partial charge in [0.25, 0.3) is 12.8 Å². The Labute approximate surface area is 68.5 Å². The van der Waals surface area contributed by atoms with Gasteiger partial charge < -0.3 is 0 Å². The zero-order valence-electron chi connectivity index (χ0n) is 5.88. The molecule has 3 atom stereocenters. The zero-order valence-corrected chi connectivity index (χ0v) is 6.69. The fourth-order valence-corrected chi connectivity index (χ4v) is 0.744. The Balaban J connectivity index is 3.69. The first-order valence-corrected chi connectivity index (χ1v) is 3.75. The lowest BCUT2D eigenvalue weighted by Crippen LogP contribution is -2.20. The molecule has 0 aromatic rings. The summed E-state index contributed by atoms with van der Waals surface area (Å²) < 4.78 is 63.7. The Bertz CT molecular complexity index is 153. The predicted octanol–water partition coefficient (Wildman–Crippen LogP) is 1.47. The number of halogens is 4. The molecule has 12 heavy (non-hydrogen) atoms. The summed E-state index contributed by atoms with van der Waals surface area (Å²) in [5.41, 5.74) is 0. The molecule has 0 heterocycles. The van der Waals surface area contributed by atoms with Gasteiger partial charge in [-0.15, -0.1) is 0 Å². The van der Waals surface area contributed by atoms with Gasteiger partial charge in [0.2, 0.25) is 6.36 Å². The SMILES string of the molecule is CC(F)OS(=O)OC(F)C(F)F. The Hall–Kier alpha value is -0.210. The largest absolute Gasteiger partial charge is 0.310 e. The molecule has 3 unspecified atom stereocenters. The lowest BCUT2D eigenvalue weighted by atomic mass is 10.7. The minimum Gasteiger partial charge on any atom is -0.232 e. The molecule has 74 valence electrons. The lowest BCUT2D eigenvalue weighted by Gasteiger charge is -2.07. The van der Waals surface area contributed by atoms with Gasteiger partial charge in [0.15, 0.2) is 0 Å². The van der Waals surface area contributed by atoms with Gasteiger partial charge in [0.05, 0.1) is 0 Å². The van der Waals surface area contributed by atoms with Gasteiger partial charge in [0, 0.05) is 0 Å². The van der Waals surface area contributed by atoms with E-state index in [-0.39, 0.29) is 0 Å². The van der Waals surface area contributed by atoms with Crippen LogP contribution in [0.1, 0.15) is 6.92 Å². The summed E-state index contributed by atoms with van der Waals surface area (Å²) in [5.74, 6) is 0. The molecule has 0 rings (SSSR count). The van der Waals surface area contributed by atoms with E-state index in [0.29, 0.717) is 0 Å². The van der Waals surface area contributed by atoms with E-state index >= 15 is 0 Å². The third-order valence-electron chi connectivity index (χ3n) is 0.580. The van der Waals surface area contributed by atoms with E-state index in [1.165, 1.54) is 0 Å². The van der Waals surface area contributed by atoms with Crippen LogP contribution in [0.5, 0.6) is 0 Å². The molecule has 0 fully saturated rings. The maximum absolute atomic E-state index is 11.9. The maximum atomic E-state index is 11.9. The molecule has 8 heteroatoms. The second-order valence-electron chi connectivity index (χ2n) is 1.63. The molecule has 0 aliphatic carbocycles. The van der Waals surface area contributed by atoms with Crippen molar-refractivity contribution in [2.45, 2.75) is 26.1 Å². The van der Waals surface area contributed by atoms with E-state index in [1.807, 2.05) is 0 Å². The van der Waals surface area contributed by atoms with Gasteiger partial charge in [-0.25, -0.2) is 25.9 Å². The van der Waals surface area contributed by atoms with E-state index in [1.54, 1.807) is 0 Å². The highest BCUT2D eigenvalue weighted by Gasteiger charge is 2.24. The monoisotopic (exact) mass is 210 g/mol. The average molecular weight is 210 g/mol. The highest BCUT2D eigenvalue weighted by molar-refractivity contribution is 7.75. The van der Waals surface area contributed by atoms with Crippen LogP contribution in [0.25, 0.3) is 0 Å². The van der Waals surface area contributed by atoms with Crippen molar-refractivity contribution in [3.63, 3.8) is 0 Å². The maximum Gasteiger partial charge on any atom is 0.310 e. The van der Waals surface area contributed by atoms with Crippen molar-refractivity contribution in [3.05, 3.63) is 0 Å². The normalized spacial score (nSPS) is 19.2. The molecular weight excluding hydrogens is 204 g/mol. The molecule has 3 nitrogen and oxygen atoms in total. The summed E-state index contributed by atoms with van der Waals surface area (Å²) in [6.07, 6.45) is -8.45. The Morgan fingerprint density at radius 3 is 2.00 bits per heavy atom. The van der Waals surface area contributed by atoms with Gasteiger partial charge in [-0.2, -0.15) is 4.21 Å². The Morgan fingerprint density at radius 1 is 1.17 bits per heavy atom. The minimum atomic E-state index is -3.44. The second kappa shape index (κ2) is 5.44. The average Bonchev–Trinajstić information content (AvgIpc) is 1.84. The highest BCUT2D eigenvalue weighted by atomic mass is 32.2. The Kier molecular flexibility index (Phi) is 5.34. The third kappa shape index (κ3) is 5.44. The molecule has 0 saturated heterocycles. The van der Waals surface area contributed by atoms with Crippen LogP contribution >= 0.6 is 0 Å². The van der Waals surface area contributed by atoms with Crippen LogP contribution in [0.15, 0.2) is 0 Å². The molecule has 0 bridgehead atoms. The van der Waals surface area contributed by atoms with Gasteiger partial charge in [-0.1, -0.05) is 0 Å². The van der Waals surface area contributed by atoms with Crippen LogP contribution in [0.3, 0.4) is 0 Å². The fourth-order valence-electron chi connectivity index (χ4n) is 0.248. The first-order valence-electron chi connectivity index (χ1n) is 2.75. The van der Waals surface area contributed by atoms with Crippen molar-refractivity contribution < 1.29 is 30.1 Å². The number of hydrogen-bond acceptors (Lipinski definition) is 3. The van der Waals surface area contributed by atoms with E-state index in [4.69, 9.17) is 0 Å². The van der Waals surface area contributed by atoms with Crippen LogP contribution in [0.4, 0.5) is 17.6 Å². The highest BCUT2D eigenvalue weighted by Crippen LogP contribution is 2.10. The van der Waals surface area contributed by atoms with Crippen LogP contribution in [0.2, 0.25) is 0 Å². The van der Waals surface area contributed by atoms with E-state index < -0.39 is 30.5 Å². The minimum absolute atomic E-state index is 0.844. The quantitative estimate of drug-likeness (QED) is 0.644. The molecule has 0 N–H and O–H groups in total. The molecule has 0 radical (unpaired) electrons. The van der Waals surface area contributed by atoms with Crippen molar-refractivity contribution in [2.24, 2.45) is 0 Å². The second-order valence-corrected chi connectivity index (χ2v) is 2.42. The lowest BCUT2D eigenvalue weighted by molar-refractivity contribution is -0.0702. The number of hydrogen-bond donors (Lipinski definition) is 0. The first kappa shape index (κ1) is 11.8. The molecule has 0 aliphatic heterocycles. The van der Waals surface area contributed by atoms with Crippen molar-refractivity contribution in [3.8, 4) is 0 Å². The molecule has 0 aliphatic rings. The van der Waals surface area contributed by atoms with Crippen molar-refractivity contribution in [1.82, 2.24) is 0 Å². The van der Waals surface area contributed by atoms with Crippen molar-refractivity contribution >= 4 is 11.4 Å². The summed E-state index contributed by atoms with van der Waals surface area (Å²) in [5, 5.41) is 0. The predicted molar refractivity (Wildman–Crippen MR) is 31.8 cm³/mol. The molecule has 0 aromatic heterocycles. The molecular formula is C4H6F4O3S. The molecule has 0 amide bonds. The van der Waals surface area contributed by atoms with Crippen LogP contribution in [-0.2, 0) is 19.7 Å². The molecule has 0 saturated carbocycles. The van der Waals surface area contributed by atoms with Crippen LogP contribution in [0, 0.1) is 0 Å². The van der Waals surface area contributed by atoms with E-state index in [0.717, 1.165) is 6.92 Å². The molecule has 0 spiro atoms. The summed E-state index contributed by atoms with van der Waals surface area (Å²) in [6.45, 7) is 0.844. The number of alkyl halides is 4. The van der Waals surface area contributed by atoms with Gasteiger partial charge in [-0.05, 0) is 6.92 Å². The first-order chi connectivity index (χ1) is 5.43. The standard InChI is InChI=1S/C4H6F4O3S/c1-2(5)10-12(9)11-4(8)3(6)7/h2-4H,1H3. The summed E-state index contributed by atoms with van der Waals surface area (Å²) in [6, 6.07) is 0.